The van der Waals surface area contributed by atoms with Crippen LogP contribution in [0.2, 0.25) is 0 Å². The molecule has 0 aromatic heterocycles. The number of hydrogen-bond acceptors (Lipinski definition) is 4. The first-order chi connectivity index (χ1) is 13.6. The summed E-state index contributed by atoms with van der Waals surface area (Å²) in [7, 11) is 0. The number of piperidine rings is 1. The molecule has 7 nitrogen and oxygen atoms in total. The first-order valence-corrected chi connectivity index (χ1v) is 10.4. The monoisotopic (exact) mass is 388 g/mol. The van der Waals surface area contributed by atoms with E-state index in [9.17, 15) is 9.59 Å². The van der Waals surface area contributed by atoms with Gasteiger partial charge in [-0.3, -0.25) is 4.79 Å². The Bertz CT molecular complexity index is 638. The topological polar surface area (TPSA) is 91.5 Å². The van der Waals surface area contributed by atoms with Crippen molar-refractivity contribution in [1.82, 2.24) is 10.6 Å². The summed E-state index contributed by atoms with van der Waals surface area (Å²) in [4.78, 5) is 24.3. The summed E-state index contributed by atoms with van der Waals surface area (Å²) in [6, 6.07) is 6.95. The van der Waals surface area contributed by atoms with Crippen LogP contribution in [0.25, 0.3) is 0 Å². The molecule has 0 spiro atoms. The molecule has 2 aliphatic rings. The van der Waals surface area contributed by atoms with Crippen molar-refractivity contribution in [3.8, 4) is 0 Å². The molecule has 3 rings (SSSR count). The highest BCUT2D eigenvalue weighted by atomic mass is 16.5. The van der Waals surface area contributed by atoms with Crippen LogP contribution >= 0.6 is 0 Å². The minimum absolute atomic E-state index is 0.0426. The lowest BCUT2D eigenvalue weighted by atomic mass is 9.84. The second-order valence-corrected chi connectivity index (χ2v) is 7.86. The summed E-state index contributed by atoms with van der Waals surface area (Å²) >= 11 is 0. The van der Waals surface area contributed by atoms with Gasteiger partial charge in [-0.25, -0.2) is 4.79 Å². The number of carbonyl (C=O) groups is 2. The zero-order valence-corrected chi connectivity index (χ0v) is 16.6. The molecule has 0 saturated carbocycles. The predicted octanol–water partition coefficient (Wildman–Crippen LogP) is 2.95. The van der Waals surface area contributed by atoms with Gasteiger partial charge in [-0.15, -0.1) is 0 Å². The Kier molecular flexibility index (Phi) is 7.68. The molecule has 154 valence electrons. The molecule has 28 heavy (non-hydrogen) atoms. The maximum Gasteiger partial charge on any atom is 0.319 e. The molecule has 2 heterocycles. The number of nitrogens with one attached hydrogen (secondary N) is 4. The van der Waals surface area contributed by atoms with Gasteiger partial charge < -0.3 is 26.0 Å². The first kappa shape index (κ1) is 20.6. The van der Waals surface area contributed by atoms with Crippen LogP contribution in [0.5, 0.6) is 0 Å². The summed E-state index contributed by atoms with van der Waals surface area (Å²) in [6.07, 6.45) is 4.99. The lowest BCUT2D eigenvalue weighted by Crippen LogP contribution is -2.35. The Labute approximate surface area is 167 Å². The molecule has 4 N–H and O–H groups in total. The molecule has 2 aliphatic heterocycles. The smallest absolute Gasteiger partial charge is 0.319 e. The third kappa shape index (κ3) is 6.49. The van der Waals surface area contributed by atoms with Crippen molar-refractivity contribution in [2.75, 3.05) is 36.9 Å². The van der Waals surface area contributed by atoms with Crippen molar-refractivity contribution in [3.63, 3.8) is 0 Å². The standard InChI is InChI=1S/C21H32N4O3/c1-15(16-8-10-22-11-9-16)13-20(26)24-17-4-6-18(7-5-17)25-21(27)23-14-19-3-2-12-28-19/h4-7,15-16,19,22H,2-3,8-14H2,1H3,(H,24,26)(H2,23,25,27). The number of ether oxygens (including phenoxy) is 1. The van der Waals surface area contributed by atoms with Crippen LogP contribution < -0.4 is 21.3 Å². The lowest BCUT2D eigenvalue weighted by molar-refractivity contribution is -0.117. The van der Waals surface area contributed by atoms with E-state index in [0.29, 0.717) is 30.5 Å². The summed E-state index contributed by atoms with van der Waals surface area (Å²) in [5.74, 6) is 1.04. The van der Waals surface area contributed by atoms with E-state index in [2.05, 4.69) is 28.2 Å². The molecule has 1 aromatic carbocycles. The summed E-state index contributed by atoms with van der Waals surface area (Å²) in [5.41, 5.74) is 1.43. The number of amides is 3. The first-order valence-electron chi connectivity index (χ1n) is 10.4. The van der Waals surface area contributed by atoms with E-state index in [1.807, 2.05) is 12.1 Å². The SMILES string of the molecule is CC(CC(=O)Nc1ccc(NC(=O)NCC2CCCO2)cc1)C1CCNCC1. The van der Waals surface area contributed by atoms with Crippen molar-refractivity contribution in [2.45, 2.75) is 45.1 Å². The van der Waals surface area contributed by atoms with Gasteiger partial charge in [-0.1, -0.05) is 6.92 Å². The highest BCUT2D eigenvalue weighted by Gasteiger charge is 2.22. The minimum Gasteiger partial charge on any atom is -0.376 e. The van der Waals surface area contributed by atoms with Gasteiger partial charge in [0, 0.05) is 30.9 Å². The van der Waals surface area contributed by atoms with Crippen LogP contribution in [0.4, 0.5) is 16.2 Å². The molecule has 2 unspecified atom stereocenters. The highest BCUT2D eigenvalue weighted by molar-refractivity contribution is 5.92. The van der Waals surface area contributed by atoms with Crippen LogP contribution in [-0.2, 0) is 9.53 Å². The normalized spacial score (nSPS) is 21.1. The van der Waals surface area contributed by atoms with Crippen molar-refractivity contribution in [1.29, 1.82) is 0 Å². The van der Waals surface area contributed by atoms with Gasteiger partial charge in [0.2, 0.25) is 5.91 Å². The molecule has 0 radical (unpaired) electrons. The van der Waals surface area contributed by atoms with Crippen LogP contribution in [-0.4, -0.2) is 44.3 Å². The van der Waals surface area contributed by atoms with Gasteiger partial charge >= 0.3 is 6.03 Å². The number of rotatable bonds is 7. The van der Waals surface area contributed by atoms with Crippen LogP contribution in [0.15, 0.2) is 24.3 Å². The Balaban J connectivity index is 1.39. The molecule has 0 bridgehead atoms. The second-order valence-electron chi connectivity index (χ2n) is 7.86. The number of anilines is 2. The Morgan fingerprint density at radius 3 is 2.43 bits per heavy atom. The van der Waals surface area contributed by atoms with Gasteiger partial charge in [0.15, 0.2) is 0 Å². The third-order valence-electron chi connectivity index (χ3n) is 5.64. The van der Waals surface area contributed by atoms with E-state index < -0.39 is 0 Å². The quantitative estimate of drug-likeness (QED) is 0.578. The molecule has 0 aliphatic carbocycles. The average Bonchev–Trinajstić information content (AvgIpc) is 3.22. The Morgan fingerprint density at radius 2 is 1.79 bits per heavy atom. The van der Waals surface area contributed by atoms with Gasteiger partial charge in [-0.05, 0) is 74.9 Å². The fraction of sp³-hybridized carbons (Fsp3) is 0.619. The third-order valence-corrected chi connectivity index (χ3v) is 5.64. The summed E-state index contributed by atoms with van der Waals surface area (Å²) < 4.78 is 5.49. The van der Waals surface area contributed by atoms with E-state index in [4.69, 9.17) is 4.74 Å². The highest BCUT2D eigenvalue weighted by Crippen LogP contribution is 2.25. The summed E-state index contributed by atoms with van der Waals surface area (Å²) in [6.45, 7) is 5.56. The zero-order valence-electron chi connectivity index (χ0n) is 16.6. The molecule has 7 heteroatoms. The van der Waals surface area contributed by atoms with E-state index in [0.717, 1.165) is 51.1 Å². The largest absolute Gasteiger partial charge is 0.376 e. The van der Waals surface area contributed by atoms with Crippen molar-refractivity contribution in [3.05, 3.63) is 24.3 Å². The zero-order chi connectivity index (χ0) is 19.8. The molecule has 2 fully saturated rings. The van der Waals surface area contributed by atoms with E-state index in [1.54, 1.807) is 12.1 Å². The molecular weight excluding hydrogens is 356 g/mol. The molecule has 3 amide bonds. The van der Waals surface area contributed by atoms with E-state index in [1.165, 1.54) is 0 Å². The molecular formula is C21H32N4O3. The Morgan fingerprint density at radius 1 is 1.11 bits per heavy atom. The van der Waals surface area contributed by atoms with Crippen molar-refractivity contribution >= 4 is 23.3 Å². The van der Waals surface area contributed by atoms with Gasteiger partial charge in [-0.2, -0.15) is 0 Å². The second kappa shape index (κ2) is 10.4. The molecule has 1 aromatic rings. The van der Waals surface area contributed by atoms with Crippen LogP contribution in [0, 0.1) is 11.8 Å². The van der Waals surface area contributed by atoms with E-state index >= 15 is 0 Å². The minimum atomic E-state index is -0.247. The van der Waals surface area contributed by atoms with Crippen LogP contribution in [0.1, 0.15) is 39.0 Å². The van der Waals surface area contributed by atoms with Gasteiger partial charge in [0.25, 0.3) is 0 Å². The number of hydrogen-bond donors (Lipinski definition) is 4. The number of urea groups is 1. The maximum atomic E-state index is 12.3. The lowest BCUT2D eigenvalue weighted by Gasteiger charge is -2.27. The molecule has 2 atom stereocenters. The average molecular weight is 389 g/mol. The van der Waals surface area contributed by atoms with Crippen LogP contribution in [0.3, 0.4) is 0 Å². The number of benzene rings is 1. The fourth-order valence-electron chi connectivity index (χ4n) is 3.91. The molecule has 2 saturated heterocycles. The summed E-state index contributed by atoms with van der Waals surface area (Å²) in [5, 5.41) is 11.9. The van der Waals surface area contributed by atoms with E-state index in [-0.39, 0.29) is 18.0 Å². The predicted molar refractivity (Wildman–Crippen MR) is 110 cm³/mol. The fourth-order valence-corrected chi connectivity index (χ4v) is 3.91. The van der Waals surface area contributed by atoms with Crippen molar-refractivity contribution in [2.24, 2.45) is 11.8 Å². The van der Waals surface area contributed by atoms with Crippen molar-refractivity contribution < 1.29 is 14.3 Å². The Hall–Kier alpha value is -2.12. The number of carbonyl (C=O) groups excluding carboxylic acids is 2. The maximum absolute atomic E-state index is 12.3. The van der Waals surface area contributed by atoms with Gasteiger partial charge in [0.05, 0.1) is 6.10 Å². The van der Waals surface area contributed by atoms with Gasteiger partial charge in [0.1, 0.15) is 0 Å².